The van der Waals surface area contributed by atoms with Crippen molar-refractivity contribution in [2.75, 3.05) is 11.9 Å². The second kappa shape index (κ2) is 4.98. The highest BCUT2D eigenvalue weighted by atomic mass is 16.5. The van der Waals surface area contributed by atoms with E-state index < -0.39 is 23.5 Å². The van der Waals surface area contributed by atoms with Crippen molar-refractivity contribution in [1.29, 1.82) is 0 Å². The first kappa shape index (κ1) is 13.8. The fourth-order valence-electron chi connectivity index (χ4n) is 2.29. The van der Waals surface area contributed by atoms with Crippen molar-refractivity contribution >= 4 is 17.8 Å². The van der Waals surface area contributed by atoms with Crippen LogP contribution in [-0.4, -0.2) is 34.8 Å². The molecule has 2 N–H and O–H groups in total. The van der Waals surface area contributed by atoms with Crippen LogP contribution in [-0.2, 0) is 9.53 Å². The highest BCUT2D eigenvalue weighted by molar-refractivity contribution is 5.92. The molecule has 1 aliphatic carbocycles. The Bertz CT molecular complexity index is 566. The van der Waals surface area contributed by atoms with Crippen LogP contribution >= 0.6 is 0 Å². The van der Waals surface area contributed by atoms with Crippen molar-refractivity contribution < 1.29 is 14.3 Å². The molecule has 2 aliphatic rings. The number of amides is 2. The summed E-state index contributed by atoms with van der Waals surface area (Å²) in [6.45, 7) is 4.03. The number of cyclic esters (lactones) is 1. The van der Waals surface area contributed by atoms with E-state index >= 15 is 0 Å². The number of nitrogens with zero attached hydrogens (tertiary/aromatic N) is 2. The lowest BCUT2D eigenvalue weighted by molar-refractivity contribution is -0.139. The van der Waals surface area contributed by atoms with Crippen molar-refractivity contribution in [3.05, 3.63) is 17.8 Å². The number of anilines is 1. The Hall–Kier alpha value is -2.18. The number of nitrogens with one attached hydrogen (secondary N) is 2. The summed E-state index contributed by atoms with van der Waals surface area (Å²) in [4.78, 5) is 23.5. The number of carbonyl (C=O) groups is 2. The number of carbonyl (C=O) groups excluding carboxylic acids is 2. The van der Waals surface area contributed by atoms with Gasteiger partial charge in [0.15, 0.2) is 5.82 Å². The number of hydrogen-bond acceptors (Lipinski definition) is 5. The van der Waals surface area contributed by atoms with Gasteiger partial charge in [-0.25, -0.2) is 9.59 Å². The molecule has 1 aromatic rings. The van der Waals surface area contributed by atoms with E-state index in [9.17, 15) is 9.59 Å². The van der Waals surface area contributed by atoms with Crippen molar-refractivity contribution in [1.82, 2.24) is 15.5 Å². The molecule has 0 bridgehead atoms. The molecule has 1 saturated heterocycles. The molecule has 1 saturated carbocycles. The third kappa shape index (κ3) is 2.96. The quantitative estimate of drug-likeness (QED) is 0.821. The number of rotatable bonds is 3. The van der Waals surface area contributed by atoms with Gasteiger partial charge in [-0.05, 0) is 25.0 Å². The highest BCUT2D eigenvalue weighted by Crippen LogP contribution is 2.38. The van der Waals surface area contributed by atoms with Gasteiger partial charge in [-0.15, -0.1) is 5.10 Å². The Kier molecular flexibility index (Phi) is 3.27. The average Bonchev–Trinajstić information content (AvgIpc) is 3.24. The van der Waals surface area contributed by atoms with E-state index in [-0.39, 0.29) is 0 Å². The molecular weight excluding hydrogens is 272 g/mol. The first-order chi connectivity index (χ1) is 9.95. The van der Waals surface area contributed by atoms with E-state index in [1.54, 1.807) is 6.07 Å². The molecule has 1 unspecified atom stereocenters. The van der Waals surface area contributed by atoms with Gasteiger partial charge in [0, 0.05) is 11.3 Å². The summed E-state index contributed by atoms with van der Waals surface area (Å²) in [5, 5.41) is 13.3. The summed E-state index contributed by atoms with van der Waals surface area (Å²) in [5.74, 6) is 0.473. The Morgan fingerprint density at radius 3 is 2.62 bits per heavy atom. The maximum absolute atomic E-state index is 11.9. The first-order valence-electron chi connectivity index (χ1n) is 7.03. The molecule has 3 rings (SSSR count). The maximum Gasteiger partial charge on any atom is 0.329 e. The molecule has 112 valence electrons. The summed E-state index contributed by atoms with van der Waals surface area (Å²) < 4.78 is 4.97. The van der Waals surface area contributed by atoms with E-state index in [0.717, 1.165) is 18.5 Å². The van der Waals surface area contributed by atoms with E-state index in [1.165, 1.54) is 0 Å². The Morgan fingerprint density at radius 1 is 1.33 bits per heavy atom. The lowest BCUT2D eigenvalue weighted by atomic mass is 9.88. The number of esters is 1. The third-order valence-electron chi connectivity index (χ3n) is 3.80. The van der Waals surface area contributed by atoms with Crippen molar-refractivity contribution in [2.24, 2.45) is 5.41 Å². The van der Waals surface area contributed by atoms with Crippen molar-refractivity contribution in [3.63, 3.8) is 0 Å². The second-order valence-corrected chi connectivity index (χ2v) is 6.25. The largest absolute Gasteiger partial charge is 0.463 e. The normalized spacial score (nSPS) is 23.5. The van der Waals surface area contributed by atoms with Gasteiger partial charge in [0.05, 0.1) is 12.3 Å². The van der Waals surface area contributed by atoms with E-state index in [4.69, 9.17) is 4.74 Å². The van der Waals surface area contributed by atoms with Gasteiger partial charge in [-0.2, -0.15) is 5.10 Å². The Labute approximate surface area is 122 Å². The van der Waals surface area contributed by atoms with E-state index in [2.05, 4.69) is 20.8 Å². The van der Waals surface area contributed by atoms with Crippen molar-refractivity contribution in [2.45, 2.75) is 38.6 Å². The predicted molar refractivity (Wildman–Crippen MR) is 74.7 cm³/mol. The molecule has 1 aromatic heterocycles. The molecule has 1 atom stereocenters. The maximum atomic E-state index is 11.9. The molecule has 7 nitrogen and oxygen atoms in total. The summed E-state index contributed by atoms with van der Waals surface area (Å²) >= 11 is 0. The minimum atomic E-state index is -0.656. The van der Waals surface area contributed by atoms with Gasteiger partial charge in [0.25, 0.3) is 0 Å². The molecule has 0 spiro atoms. The molecule has 21 heavy (non-hydrogen) atoms. The van der Waals surface area contributed by atoms with Gasteiger partial charge >= 0.3 is 12.0 Å². The van der Waals surface area contributed by atoms with Crippen LogP contribution in [0.15, 0.2) is 12.1 Å². The van der Waals surface area contributed by atoms with Gasteiger partial charge in [0.2, 0.25) is 0 Å². The Balaban J connectivity index is 1.59. The van der Waals surface area contributed by atoms with Crippen LogP contribution in [0.25, 0.3) is 0 Å². The number of aromatic nitrogens is 2. The minimum Gasteiger partial charge on any atom is -0.463 e. The fraction of sp³-hybridized carbons (Fsp3) is 0.571. The van der Waals surface area contributed by atoms with Crippen molar-refractivity contribution in [3.8, 4) is 0 Å². The smallest absolute Gasteiger partial charge is 0.329 e. The van der Waals surface area contributed by atoms with Crippen LogP contribution in [0.3, 0.4) is 0 Å². The highest BCUT2D eigenvalue weighted by Gasteiger charge is 2.44. The second-order valence-electron chi connectivity index (χ2n) is 6.25. The zero-order valence-corrected chi connectivity index (χ0v) is 12.0. The van der Waals surface area contributed by atoms with Gasteiger partial charge in [0.1, 0.15) is 6.04 Å². The summed E-state index contributed by atoms with van der Waals surface area (Å²) in [6.07, 6.45) is 2.31. The molecule has 2 heterocycles. The topological polar surface area (TPSA) is 93.2 Å². The standard InChI is InChI=1S/C14H18N4O3/c1-14(2)7-21-12(19)11(14)16-13(20)15-10-6-5-9(17-18-10)8-3-4-8/h5-6,8,11H,3-4,7H2,1-2H3,(H2,15,16,18,20). The lowest BCUT2D eigenvalue weighted by Gasteiger charge is -2.22. The number of urea groups is 1. The van der Waals surface area contributed by atoms with Gasteiger partial charge < -0.3 is 10.1 Å². The SMILES string of the molecule is CC1(C)COC(=O)C1NC(=O)Nc1ccc(C2CC2)nn1. The van der Waals surface area contributed by atoms with Crippen LogP contribution < -0.4 is 10.6 Å². The monoisotopic (exact) mass is 290 g/mol. The summed E-state index contributed by atoms with van der Waals surface area (Å²) in [6, 6.07) is 2.45. The molecular formula is C14H18N4O3. The predicted octanol–water partition coefficient (Wildman–Crippen LogP) is 1.43. The van der Waals surface area contributed by atoms with Gasteiger partial charge in [-0.3, -0.25) is 5.32 Å². The Morgan fingerprint density at radius 2 is 2.10 bits per heavy atom. The molecule has 0 radical (unpaired) electrons. The fourth-order valence-corrected chi connectivity index (χ4v) is 2.29. The van der Waals surface area contributed by atoms with Crippen LogP contribution in [0.1, 0.15) is 38.3 Å². The average molecular weight is 290 g/mol. The van der Waals surface area contributed by atoms with Gasteiger partial charge in [-0.1, -0.05) is 13.8 Å². The molecule has 2 fully saturated rings. The van der Waals surface area contributed by atoms with E-state index in [1.807, 2.05) is 19.9 Å². The summed E-state index contributed by atoms with van der Waals surface area (Å²) in [7, 11) is 0. The van der Waals surface area contributed by atoms with Crippen LogP contribution in [0.2, 0.25) is 0 Å². The first-order valence-corrected chi connectivity index (χ1v) is 7.03. The summed E-state index contributed by atoms with van der Waals surface area (Å²) in [5.41, 5.74) is 0.539. The van der Waals surface area contributed by atoms with Crippen LogP contribution in [0.4, 0.5) is 10.6 Å². The zero-order chi connectivity index (χ0) is 15.0. The lowest BCUT2D eigenvalue weighted by Crippen LogP contribution is -2.48. The van der Waals surface area contributed by atoms with Crippen LogP contribution in [0, 0.1) is 5.41 Å². The molecule has 7 heteroatoms. The number of ether oxygens (including phenoxy) is 1. The molecule has 2 amide bonds. The molecule has 1 aliphatic heterocycles. The molecule has 0 aromatic carbocycles. The van der Waals surface area contributed by atoms with Crippen LogP contribution in [0.5, 0.6) is 0 Å². The van der Waals surface area contributed by atoms with E-state index in [0.29, 0.717) is 18.3 Å². The minimum absolute atomic E-state index is 0.298. The third-order valence-corrected chi connectivity index (χ3v) is 3.80. The number of hydrogen-bond donors (Lipinski definition) is 2. The zero-order valence-electron chi connectivity index (χ0n) is 12.0.